The van der Waals surface area contributed by atoms with E-state index in [0.717, 1.165) is 38.6 Å². The van der Waals surface area contributed by atoms with Gasteiger partial charge in [-0.1, -0.05) is 194 Å². The van der Waals surface area contributed by atoms with Gasteiger partial charge in [-0.2, -0.15) is 0 Å². The molecule has 3 heteroatoms. The lowest BCUT2D eigenvalue weighted by atomic mass is 9.68. The van der Waals surface area contributed by atoms with Gasteiger partial charge in [0.25, 0.3) is 0 Å². The van der Waals surface area contributed by atoms with Crippen LogP contribution in [0.1, 0.15) is 22.3 Å². The second-order valence-corrected chi connectivity index (χ2v) is 16.2. The molecule has 0 saturated heterocycles. The van der Waals surface area contributed by atoms with Crippen molar-refractivity contribution < 1.29 is 0 Å². The molecule has 1 spiro atoms. The maximum Gasteiger partial charge on any atom is 0.164 e. The molecule has 0 N–H and O–H groups in total. The summed E-state index contributed by atoms with van der Waals surface area (Å²) in [7, 11) is 0. The average molecular weight is 774 g/mol. The van der Waals surface area contributed by atoms with Crippen molar-refractivity contribution in [2.75, 3.05) is 0 Å². The fourth-order valence-electron chi connectivity index (χ4n) is 10.6. The predicted molar refractivity (Wildman–Crippen MR) is 250 cm³/mol. The molecule has 11 aromatic rings. The normalized spacial score (nSPS) is 14.6. The summed E-state index contributed by atoms with van der Waals surface area (Å²) >= 11 is 0. The summed E-state index contributed by atoms with van der Waals surface area (Å²) in [5, 5.41) is 7.44. The van der Waals surface area contributed by atoms with Gasteiger partial charge in [0, 0.05) is 16.7 Å². The van der Waals surface area contributed by atoms with Gasteiger partial charge in [-0.05, 0) is 106 Å². The largest absolute Gasteiger partial charge is 0.208 e. The monoisotopic (exact) mass is 773 g/mol. The van der Waals surface area contributed by atoms with Crippen LogP contribution in [0.4, 0.5) is 0 Å². The van der Waals surface area contributed by atoms with Gasteiger partial charge in [-0.15, -0.1) is 0 Å². The molecule has 0 bridgehead atoms. The molecule has 1 atom stereocenters. The zero-order valence-corrected chi connectivity index (χ0v) is 33.0. The Morgan fingerprint density at radius 3 is 1.43 bits per heavy atom. The lowest BCUT2D eigenvalue weighted by Crippen LogP contribution is -2.26. The third-order valence-electron chi connectivity index (χ3n) is 13.1. The summed E-state index contributed by atoms with van der Waals surface area (Å²) < 4.78 is 0. The van der Waals surface area contributed by atoms with E-state index < -0.39 is 5.41 Å². The Bertz CT molecular complexity index is 3540. The first kappa shape index (κ1) is 33.9. The van der Waals surface area contributed by atoms with E-state index in [4.69, 9.17) is 15.0 Å². The van der Waals surface area contributed by atoms with Gasteiger partial charge >= 0.3 is 0 Å². The molecular weight excluding hydrogens is 739 g/mol. The number of rotatable bonds is 4. The molecule has 1 heterocycles. The van der Waals surface area contributed by atoms with E-state index in [2.05, 4.69) is 176 Å². The quantitative estimate of drug-likeness (QED) is 0.167. The summed E-state index contributed by atoms with van der Waals surface area (Å²) in [4.78, 5) is 15.6. The van der Waals surface area contributed by atoms with Crippen molar-refractivity contribution in [2.24, 2.45) is 0 Å². The molecule has 282 valence electrons. The molecule has 1 aromatic heterocycles. The van der Waals surface area contributed by atoms with Gasteiger partial charge in [-0.25, -0.2) is 15.0 Å². The second kappa shape index (κ2) is 13.0. The third-order valence-corrected chi connectivity index (χ3v) is 13.1. The van der Waals surface area contributed by atoms with Crippen LogP contribution in [0, 0.1) is 0 Å². The molecule has 0 fully saturated rings. The molecule has 0 aliphatic heterocycles. The van der Waals surface area contributed by atoms with E-state index in [1.54, 1.807) is 0 Å². The SMILES string of the molecule is c1ccc(-c2nc(-c3ccccc3)nc(-c3cc4ccccc4cc3-c3ccc4c(c3)C3(c5ccccc5-4)c4ccccc4-c4c3c3ccccc3c3ccccc43)n2)cc1. The number of nitrogens with zero attached hydrogens (tertiary/aromatic N) is 3. The van der Waals surface area contributed by atoms with Crippen LogP contribution >= 0.6 is 0 Å². The fourth-order valence-corrected chi connectivity index (χ4v) is 10.6. The highest BCUT2D eigenvalue weighted by atomic mass is 15.0. The second-order valence-electron chi connectivity index (χ2n) is 16.2. The van der Waals surface area contributed by atoms with Gasteiger partial charge in [0.15, 0.2) is 17.5 Å². The number of benzene rings is 10. The molecule has 10 aromatic carbocycles. The molecule has 1 unspecified atom stereocenters. The molecule has 3 nitrogen and oxygen atoms in total. The van der Waals surface area contributed by atoms with Gasteiger partial charge in [-0.3, -0.25) is 0 Å². The van der Waals surface area contributed by atoms with Crippen LogP contribution in [-0.2, 0) is 5.41 Å². The molecule has 0 saturated carbocycles. The van der Waals surface area contributed by atoms with Crippen LogP contribution in [-0.4, -0.2) is 15.0 Å². The lowest BCUT2D eigenvalue weighted by Gasteiger charge is -2.32. The number of hydrogen-bond acceptors (Lipinski definition) is 3. The molecule has 2 aliphatic rings. The molecular formula is C58H35N3. The first-order valence-electron chi connectivity index (χ1n) is 20.9. The van der Waals surface area contributed by atoms with Gasteiger partial charge in [0.1, 0.15) is 0 Å². The number of fused-ring (bicyclic) bond motifs is 16. The van der Waals surface area contributed by atoms with Gasteiger partial charge in [0.05, 0.1) is 5.41 Å². The standard InChI is InChI=1S/C58H35N3/c1-3-17-36(18-4-1)55-59-56(37-19-5-2-6-20-37)61-57(60-55)49-34-39-22-8-7-21-38(39)33-48(49)40-31-32-44-43-25-13-15-29-50(43)58(52(44)35-40)51-30-16-14-28-47(51)53-45-26-11-9-23-41(45)42-24-10-12-27-46(42)54(53)58/h1-35H. The summed E-state index contributed by atoms with van der Waals surface area (Å²) in [6, 6.07) is 77.0. The van der Waals surface area contributed by atoms with Crippen molar-refractivity contribution in [3.8, 4) is 67.5 Å². The van der Waals surface area contributed by atoms with E-state index in [-0.39, 0.29) is 0 Å². The van der Waals surface area contributed by atoms with Crippen molar-refractivity contribution in [3.63, 3.8) is 0 Å². The fraction of sp³-hybridized carbons (Fsp3) is 0.0172. The van der Waals surface area contributed by atoms with Crippen LogP contribution in [0.25, 0.3) is 99.9 Å². The summed E-state index contributed by atoms with van der Waals surface area (Å²) in [5.41, 5.74) is 15.0. The molecule has 0 radical (unpaired) electrons. The predicted octanol–water partition coefficient (Wildman–Crippen LogP) is 14.3. The summed E-state index contributed by atoms with van der Waals surface area (Å²) in [6.07, 6.45) is 0. The highest BCUT2D eigenvalue weighted by Gasteiger charge is 2.53. The van der Waals surface area contributed by atoms with Crippen LogP contribution in [0.2, 0.25) is 0 Å². The Kier molecular flexibility index (Phi) is 7.22. The zero-order valence-electron chi connectivity index (χ0n) is 33.0. The van der Waals surface area contributed by atoms with Crippen LogP contribution in [0.5, 0.6) is 0 Å². The highest BCUT2D eigenvalue weighted by molar-refractivity contribution is 6.20. The Labute approximate surface area is 353 Å². The molecule has 13 rings (SSSR count). The molecule has 0 amide bonds. The van der Waals surface area contributed by atoms with Crippen LogP contribution in [0.3, 0.4) is 0 Å². The van der Waals surface area contributed by atoms with Crippen molar-refractivity contribution in [3.05, 3.63) is 235 Å². The minimum absolute atomic E-state index is 0.553. The van der Waals surface area contributed by atoms with Crippen LogP contribution in [0.15, 0.2) is 212 Å². The Balaban J connectivity index is 1.13. The minimum atomic E-state index is -0.553. The zero-order chi connectivity index (χ0) is 40.1. The van der Waals surface area contributed by atoms with E-state index in [1.165, 1.54) is 66.1 Å². The smallest absolute Gasteiger partial charge is 0.164 e. The Morgan fingerprint density at radius 1 is 0.279 bits per heavy atom. The van der Waals surface area contributed by atoms with E-state index in [0.29, 0.717) is 17.5 Å². The third kappa shape index (κ3) is 4.83. The molecule has 2 aliphatic carbocycles. The van der Waals surface area contributed by atoms with Gasteiger partial charge in [0.2, 0.25) is 0 Å². The van der Waals surface area contributed by atoms with E-state index >= 15 is 0 Å². The number of hydrogen-bond donors (Lipinski definition) is 0. The van der Waals surface area contributed by atoms with Crippen molar-refractivity contribution in [1.82, 2.24) is 15.0 Å². The summed E-state index contributed by atoms with van der Waals surface area (Å²) in [6.45, 7) is 0. The van der Waals surface area contributed by atoms with Crippen molar-refractivity contribution >= 4 is 32.3 Å². The average Bonchev–Trinajstić information content (AvgIpc) is 3.82. The number of aromatic nitrogens is 3. The van der Waals surface area contributed by atoms with E-state index in [9.17, 15) is 0 Å². The Morgan fingerprint density at radius 2 is 0.754 bits per heavy atom. The first-order chi connectivity index (χ1) is 30.3. The maximum absolute atomic E-state index is 5.27. The highest BCUT2D eigenvalue weighted by Crippen LogP contribution is 2.65. The lowest BCUT2D eigenvalue weighted by molar-refractivity contribution is 0.802. The van der Waals surface area contributed by atoms with Crippen LogP contribution < -0.4 is 0 Å². The maximum atomic E-state index is 5.27. The van der Waals surface area contributed by atoms with E-state index in [1.807, 2.05) is 36.4 Å². The Hall–Kier alpha value is -8.01. The van der Waals surface area contributed by atoms with Crippen molar-refractivity contribution in [1.29, 1.82) is 0 Å². The first-order valence-corrected chi connectivity index (χ1v) is 20.9. The molecule has 61 heavy (non-hydrogen) atoms. The van der Waals surface area contributed by atoms with Gasteiger partial charge < -0.3 is 0 Å². The summed E-state index contributed by atoms with van der Waals surface area (Å²) in [5.74, 6) is 1.93. The van der Waals surface area contributed by atoms with Crippen molar-refractivity contribution in [2.45, 2.75) is 5.41 Å². The minimum Gasteiger partial charge on any atom is -0.208 e. The topological polar surface area (TPSA) is 38.7 Å².